The van der Waals surface area contributed by atoms with Crippen molar-refractivity contribution in [1.82, 2.24) is 10.2 Å². The van der Waals surface area contributed by atoms with Crippen LogP contribution in [0.25, 0.3) is 0 Å². The van der Waals surface area contributed by atoms with Gasteiger partial charge < -0.3 is 9.15 Å². The number of nitrogens with one attached hydrogen (secondary N) is 1. The van der Waals surface area contributed by atoms with Crippen molar-refractivity contribution < 1.29 is 17.6 Å². The maximum atomic E-state index is 12.1. The monoisotopic (exact) mass is 351 g/mol. The molecule has 1 aliphatic heterocycles. The van der Waals surface area contributed by atoms with E-state index < -0.39 is 15.8 Å². The predicted octanol–water partition coefficient (Wildman–Crippen LogP) is 1.01. The number of sulfonamides is 1. The summed E-state index contributed by atoms with van der Waals surface area (Å²) in [5.41, 5.74) is 0.201. The third-order valence-corrected chi connectivity index (χ3v) is 5.71. The Labute approximate surface area is 138 Å². The summed E-state index contributed by atoms with van der Waals surface area (Å²) in [5.74, 6) is 0.336. The number of benzene rings is 1. The van der Waals surface area contributed by atoms with E-state index in [1.54, 1.807) is 24.3 Å². The van der Waals surface area contributed by atoms with Crippen molar-refractivity contribution in [3.63, 3.8) is 0 Å². The molecule has 0 radical (unpaired) electrons. The fourth-order valence-corrected chi connectivity index (χ4v) is 4.18. The quantitative estimate of drug-likeness (QED) is 0.881. The number of fused-ring (bicyclic) bond motifs is 1. The second-order valence-corrected chi connectivity index (χ2v) is 8.31. The lowest BCUT2D eigenvalue weighted by atomic mass is 9.97. The lowest BCUT2D eigenvalue weighted by Gasteiger charge is -2.35. The molecular weight excluding hydrogens is 334 g/mol. The Kier molecular flexibility index (Phi) is 3.24. The predicted molar refractivity (Wildman–Crippen MR) is 85.7 cm³/mol. The average Bonchev–Trinajstić information content (AvgIpc) is 3.17. The molecule has 1 aromatic heterocycles. The van der Waals surface area contributed by atoms with E-state index in [-0.39, 0.29) is 18.1 Å². The fraction of sp³-hybridized carbons (Fsp3) is 0.467. The minimum atomic E-state index is -3.41. The summed E-state index contributed by atoms with van der Waals surface area (Å²) in [6.07, 6.45) is 3.06. The van der Waals surface area contributed by atoms with Gasteiger partial charge in [0.15, 0.2) is 0 Å². The SMILES string of the molecule is CS(=O)(=O)N1C[C@H](CC2(c3n[nH]c(=O)o3)CC2)Oc2ccccc21. The van der Waals surface area contributed by atoms with Crippen molar-refractivity contribution in [2.45, 2.75) is 30.8 Å². The number of aromatic nitrogens is 2. The second kappa shape index (κ2) is 5.10. The largest absolute Gasteiger partial charge is 0.486 e. The molecule has 9 heteroatoms. The minimum Gasteiger partial charge on any atom is -0.486 e. The molecule has 128 valence electrons. The Morgan fingerprint density at radius 3 is 2.75 bits per heavy atom. The van der Waals surface area contributed by atoms with Crippen LogP contribution >= 0.6 is 0 Å². The first-order chi connectivity index (χ1) is 11.4. The highest BCUT2D eigenvalue weighted by molar-refractivity contribution is 7.92. The minimum absolute atomic E-state index is 0.228. The number of rotatable bonds is 4. The Hall–Kier alpha value is -2.29. The van der Waals surface area contributed by atoms with Crippen molar-refractivity contribution in [2.75, 3.05) is 17.1 Å². The molecule has 0 spiro atoms. The number of ether oxygens (including phenoxy) is 1. The molecule has 24 heavy (non-hydrogen) atoms. The van der Waals surface area contributed by atoms with Gasteiger partial charge in [0.2, 0.25) is 15.9 Å². The van der Waals surface area contributed by atoms with Crippen LogP contribution < -0.4 is 14.8 Å². The maximum Gasteiger partial charge on any atom is 0.434 e. The number of para-hydroxylation sites is 2. The summed E-state index contributed by atoms with van der Waals surface area (Å²) in [7, 11) is -3.41. The Bertz CT molecular complexity index is 928. The zero-order valence-corrected chi connectivity index (χ0v) is 13.9. The van der Waals surface area contributed by atoms with Crippen molar-refractivity contribution in [3.8, 4) is 5.75 Å². The third-order valence-electron chi connectivity index (χ3n) is 4.56. The molecule has 1 saturated carbocycles. The molecule has 0 unspecified atom stereocenters. The molecule has 2 heterocycles. The van der Waals surface area contributed by atoms with Crippen molar-refractivity contribution in [1.29, 1.82) is 0 Å². The van der Waals surface area contributed by atoms with E-state index in [1.165, 1.54) is 10.6 Å². The molecule has 1 aliphatic carbocycles. The van der Waals surface area contributed by atoms with Crippen LogP contribution in [0, 0.1) is 0 Å². The Balaban J connectivity index is 1.63. The first kappa shape index (κ1) is 15.3. The molecule has 1 aromatic carbocycles. The smallest absolute Gasteiger partial charge is 0.434 e. The highest BCUT2D eigenvalue weighted by atomic mass is 32.2. The van der Waals surface area contributed by atoms with Crippen LogP contribution in [0.1, 0.15) is 25.2 Å². The number of hydrogen-bond donors (Lipinski definition) is 1. The molecule has 1 N–H and O–H groups in total. The van der Waals surface area contributed by atoms with Crippen LogP contribution in [0.15, 0.2) is 33.5 Å². The molecule has 1 atom stereocenters. The van der Waals surface area contributed by atoms with Gasteiger partial charge in [-0.1, -0.05) is 12.1 Å². The molecule has 1 fully saturated rings. The average molecular weight is 351 g/mol. The Morgan fingerprint density at radius 1 is 1.38 bits per heavy atom. The zero-order chi connectivity index (χ0) is 16.9. The van der Waals surface area contributed by atoms with Crippen molar-refractivity contribution in [2.24, 2.45) is 0 Å². The van der Waals surface area contributed by atoms with Crippen LogP contribution in [0.5, 0.6) is 5.75 Å². The number of anilines is 1. The molecule has 0 amide bonds. The van der Waals surface area contributed by atoms with Gasteiger partial charge >= 0.3 is 5.76 Å². The van der Waals surface area contributed by atoms with Crippen LogP contribution in [0.2, 0.25) is 0 Å². The van der Waals surface area contributed by atoms with Gasteiger partial charge in [0, 0.05) is 6.42 Å². The highest BCUT2D eigenvalue weighted by Gasteiger charge is 2.51. The summed E-state index contributed by atoms with van der Waals surface area (Å²) < 4.78 is 36.8. The summed E-state index contributed by atoms with van der Waals surface area (Å²) in [6.45, 7) is 0.228. The van der Waals surface area contributed by atoms with Gasteiger partial charge in [0.25, 0.3) is 0 Å². The molecule has 0 saturated heterocycles. The topological polar surface area (TPSA) is 106 Å². The van der Waals surface area contributed by atoms with Crippen molar-refractivity contribution >= 4 is 15.7 Å². The fourth-order valence-electron chi connectivity index (χ4n) is 3.23. The van der Waals surface area contributed by atoms with Gasteiger partial charge in [0.1, 0.15) is 11.9 Å². The summed E-state index contributed by atoms with van der Waals surface area (Å²) >= 11 is 0. The number of H-pyrrole nitrogens is 1. The molecule has 0 bridgehead atoms. The normalized spacial score (nSPS) is 21.9. The number of aromatic amines is 1. The number of nitrogens with zero attached hydrogens (tertiary/aromatic N) is 2. The van der Waals surface area contributed by atoms with E-state index in [0.29, 0.717) is 23.7 Å². The lowest BCUT2D eigenvalue weighted by molar-refractivity contribution is 0.169. The van der Waals surface area contributed by atoms with Gasteiger partial charge in [-0.05, 0) is 25.0 Å². The van der Waals surface area contributed by atoms with Crippen molar-refractivity contribution in [3.05, 3.63) is 40.7 Å². The molecule has 8 nitrogen and oxygen atoms in total. The van der Waals surface area contributed by atoms with Gasteiger partial charge in [0.05, 0.1) is 23.9 Å². The molecule has 2 aliphatic rings. The van der Waals surface area contributed by atoms with Crippen LogP contribution in [0.4, 0.5) is 5.69 Å². The summed E-state index contributed by atoms with van der Waals surface area (Å²) in [6, 6.07) is 7.07. The number of hydrogen-bond acceptors (Lipinski definition) is 6. The standard InChI is InChI=1S/C15H17N3O5S/c1-24(20,21)18-9-10(22-12-5-3-2-4-11(12)18)8-15(6-7-15)13-16-17-14(19)23-13/h2-5,10H,6-9H2,1H3,(H,17,19)/t10-/m0/s1. The molecule has 4 rings (SSSR count). The van der Waals surface area contributed by atoms with E-state index in [0.717, 1.165) is 12.8 Å². The van der Waals surface area contributed by atoms with Gasteiger partial charge in [-0.3, -0.25) is 4.31 Å². The highest BCUT2D eigenvalue weighted by Crippen LogP contribution is 2.52. The molecule has 2 aromatic rings. The summed E-state index contributed by atoms with van der Waals surface area (Å²) in [5, 5.41) is 6.22. The van der Waals surface area contributed by atoms with Gasteiger partial charge in [-0.2, -0.15) is 0 Å². The van der Waals surface area contributed by atoms with E-state index in [4.69, 9.17) is 9.15 Å². The summed E-state index contributed by atoms with van der Waals surface area (Å²) in [4.78, 5) is 11.2. The van der Waals surface area contributed by atoms with Gasteiger partial charge in [-0.15, -0.1) is 5.10 Å². The lowest BCUT2D eigenvalue weighted by Crippen LogP contribution is -2.44. The first-order valence-electron chi connectivity index (χ1n) is 7.67. The van der Waals surface area contributed by atoms with Gasteiger partial charge in [-0.25, -0.2) is 18.3 Å². The second-order valence-electron chi connectivity index (χ2n) is 6.40. The first-order valence-corrected chi connectivity index (χ1v) is 9.52. The van der Waals surface area contributed by atoms with E-state index in [1.807, 2.05) is 0 Å². The Morgan fingerprint density at radius 2 is 2.12 bits per heavy atom. The van der Waals surface area contributed by atoms with Crippen LogP contribution in [-0.4, -0.2) is 37.5 Å². The zero-order valence-electron chi connectivity index (χ0n) is 13.1. The van der Waals surface area contributed by atoms with E-state index >= 15 is 0 Å². The maximum absolute atomic E-state index is 12.1. The molecular formula is C15H17N3O5S. The van der Waals surface area contributed by atoms with E-state index in [2.05, 4.69) is 10.2 Å². The van der Waals surface area contributed by atoms with E-state index in [9.17, 15) is 13.2 Å². The van der Waals surface area contributed by atoms with Crippen LogP contribution in [-0.2, 0) is 15.4 Å². The third kappa shape index (κ3) is 2.58. The van der Waals surface area contributed by atoms with Crippen LogP contribution in [0.3, 0.4) is 0 Å².